The highest BCUT2D eigenvalue weighted by atomic mass is 16.3. The number of rotatable bonds is 6. The van der Waals surface area contributed by atoms with Crippen molar-refractivity contribution in [2.75, 3.05) is 13.3 Å². The van der Waals surface area contributed by atoms with Crippen LogP contribution in [0.5, 0.6) is 0 Å². The summed E-state index contributed by atoms with van der Waals surface area (Å²) in [5.74, 6) is -0.396. The van der Waals surface area contributed by atoms with Gasteiger partial charge in [0, 0.05) is 0 Å². The molecule has 4 amide bonds. The minimum atomic E-state index is -0.269. The summed E-state index contributed by atoms with van der Waals surface area (Å²) >= 11 is 0. The zero-order chi connectivity index (χ0) is 22.4. The zero-order valence-corrected chi connectivity index (χ0v) is 18.1. The first kappa shape index (κ1) is 19.5. The summed E-state index contributed by atoms with van der Waals surface area (Å²) in [6, 6.07) is 3.58. The Morgan fingerprint density at radius 3 is 1.52 bits per heavy atom. The molecule has 3 heterocycles. The number of allylic oxidation sites excluding steroid dienone is 4. The van der Waals surface area contributed by atoms with E-state index in [2.05, 4.69) is 24.3 Å². The van der Waals surface area contributed by atoms with Crippen LogP contribution in [-0.4, -0.2) is 51.7 Å². The van der Waals surface area contributed by atoms with E-state index in [0.717, 1.165) is 12.8 Å². The molecule has 2 saturated heterocycles. The summed E-state index contributed by atoms with van der Waals surface area (Å²) in [6.07, 6.45) is 11.6. The standard InChI is InChI=1S/C25H25N3O5/c29-22-18-13-3-4-14(8-13)19(18)23(30)27(22)11-26(10-17-2-1-7-33-17)12-28-24(31)20-15-5-6-16(9-15)21(20)25(28)32/h1-7,13-16,18-21H,8-12H2/t13-,14-,15-,16+,18-,19+,20-,21-/m0/s1. The van der Waals surface area contributed by atoms with Crippen molar-refractivity contribution in [2.24, 2.45) is 47.3 Å². The van der Waals surface area contributed by atoms with Gasteiger partial charge in [-0.3, -0.25) is 33.9 Å². The maximum absolute atomic E-state index is 13.2. The van der Waals surface area contributed by atoms with E-state index in [4.69, 9.17) is 4.42 Å². The second-order valence-electron chi connectivity index (χ2n) is 10.4. The Hall–Kier alpha value is -3.00. The SMILES string of the molecule is O=C1[C@@H]2[C@@H](C(=O)N1CN(Cc1ccco1)CN1C(=O)[C@@H]3[C@H](C1=O)[C@H]1C=C[C@H]3C1)[C@H]1C=C[C@@H]2C1. The van der Waals surface area contributed by atoms with Gasteiger partial charge in [-0.2, -0.15) is 0 Å². The van der Waals surface area contributed by atoms with E-state index < -0.39 is 0 Å². The number of likely N-dealkylation sites (tertiary alicyclic amines) is 2. The number of hydrogen-bond donors (Lipinski definition) is 0. The maximum atomic E-state index is 13.2. The molecule has 2 saturated carbocycles. The average Bonchev–Trinajstić information content (AvgIpc) is 3.63. The Bertz CT molecular complexity index is 993. The molecule has 0 aromatic carbocycles. The van der Waals surface area contributed by atoms with E-state index in [1.807, 2.05) is 6.07 Å². The largest absolute Gasteiger partial charge is 0.468 e. The fourth-order valence-corrected chi connectivity index (χ4v) is 7.37. The number of carbonyl (C=O) groups excluding carboxylic acids is 4. The summed E-state index contributed by atoms with van der Waals surface area (Å²) in [5.41, 5.74) is 0. The van der Waals surface area contributed by atoms with Gasteiger partial charge in [-0.25, -0.2) is 0 Å². The van der Waals surface area contributed by atoms with Crippen LogP contribution in [0.25, 0.3) is 0 Å². The third-order valence-electron chi connectivity index (χ3n) is 8.77. The third-order valence-corrected chi connectivity index (χ3v) is 8.77. The van der Waals surface area contributed by atoms with Crippen molar-refractivity contribution in [3.63, 3.8) is 0 Å². The van der Waals surface area contributed by atoms with Gasteiger partial charge in [0.05, 0.1) is 49.8 Å². The molecule has 33 heavy (non-hydrogen) atoms. The van der Waals surface area contributed by atoms with Gasteiger partial charge < -0.3 is 4.42 Å². The number of fused-ring (bicyclic) bond motifs is 10. The molecule has 7 rings (SSSR count). The van der Waals surface area contributed by atoms with Crippen LogP contribution in [0.4, 0.5) is 0 Å². The Morgan fingerprint density at radius 1 is 0.727 bits per heavy atom. The van der Waals surface area contributed by atoms with Gasteiger partial charge in [-0.05, 0) is 48.6 Å². The number of carbonyl (C=O) groups is 4. The van der Waals surface area contributed by atoms with Crippen molar-refractivity contribution in [1.82, 2.24) is 14.7 Å². The van der Waals surface area contributed by atoms with E-state index in [1.54, 1.807) is 17.2 Å². The quantitative estimate of drug-likeness (QED) is 0.486. The lowest BCUT2D eigenvalue weighted by atomic mass is 9.85. The van der Waals surface area contributed by atoms with Gasteiger partial charge in [0.2, 0.25) is 23.6 Å². The van der Waals surface area contributed by atoms with Crippen LogP contribution in [0.2, 0.25) is 0 Å². The van der Waals surface area contributed by atoms with Crippen molar-refractivity contribution < 1.29 is 23.6 Å². The number of furan rings is 1. The molecule has 0 unspecified atom stereocenters. The van der Waals surface area contributed by atoms with Crippen LogP contribution in [-0.2, 0) is 25.7 Å². The zero-order valence-electron chi connectivity index (χ0n) is 18.1. The predicted molar refractivity (Wildman–Crippen MR) is 113 cm³/mol. The maximum Gasteiger partial charge on any atom is 0.234 e. The van der Waals surface area contributed by atoms with Gasteiger partial charge in [-0.15, -0.1) is 0 Å². The van der Waals surface area contributed by atoms with Gasteiger partial charge in [0.25, 0.3) is 0 Å². The summed E-state index contributed by atoms with van der Waals surface area (Å²) < 4.78 is 5.50. The van der Waals surface area contributed by atoms with E-state index >= 15 is 0 Å². The Kier molecular flexibility index (Phi) is 3.99. The molecule has 0 spiro atoms. The molecule has 4 aliphatic carbocycles. The lowest BCUT2D eigenvalue weighted by Gasteiger charge is -2.30. The van der Waals surface area contributed by atoms with Crippen molar-refractivity contribution in [2.45, 2.75) is 19.4 Å². The van der Waals surface area contributed by atoms with E-state index in [0.29, 0.717) is 12.3 Å². The molecule has 170 valence electrons. The van der Waals surface area contributed by atoms with Gasteiger partial charge >= 0.3 is 0 Å². The minimum absolute atomic E-state index is 0.0440. The molecule has 1 aromatic rings. The molecule has 8 heteroatoms. The van der Waals surface area contributed by atoms with Crippen LogP contribution in [0.15, 0.2) is 47.1 Å². The van der Waals surface area contributed by atoms with Gasteiger partial charge in [0.15, 0.2) is 0 Å². The summed E-state index contributed by atoms with van der Waals surface area (Å²) in [6.45, 7) is 0.382. The molecule has 8 atom stereocenters. The summed E-state index contributed by atoms with van der Waals surface area (Å²) in [4.78, 5) is 57.3. The molecular formula is C25H25N3O5. The Balaban J connectivity index is 1.13. The van der Waals surface area contributed by atoms with Crippen molar-refractivity contribution in [1.29, 1.82) is 0 Å². The lowest BCUT2D eigenvalue weighted by Crippen LogP contribution is -2.48. The second kappa shape index (κ2) is 6.76. The second-order valence-corrected chi connectivity index (χ2v) is 10.4. The fraction of sp³-hybridized carbons (Fsp3) is 0.520. The average molecular weight is 447 g/mol. The van der Waals surface area contributed by atoms with Crippen molar-refractivity contribution in [3.8, 4) is 0 Å². The monoisotopic (exact) mass is 447 g/mol. The van der Waals surface area contributed by atoms with Gasteiger partial charge in [0.1, 0.15) is 5.76 Å². The molecule has 2 aliphatic heterocycles. The van der Waals surface area contributed by atoms with E-state index in [1.165, 1.54) is 9.80 Å². The fourth-order valence-electron chi connectivity index (χ4n) is 7.37. The number of hydrogen-bond acceptors (Lipinski definition) is 6. The van der Waals surface area contributed by atoms with E-state index in [-0.39, 0.29) is 84.3 Å². The van der Waals surface area contributed by atoms with Crippen molar-refractivity contribution >= 4 is 23.6 Å². The molecule has 0 N–H and O–H groups in total. The number of amides is 4. The third kappa shape index (κ3) is 2.61. The van der Waals surface area contributed by atoms with Crippen LogP contribution in [0, 0.1) is 47.3 Å². The van der Waals surface area contributed by atoms with E-state index in [9.17, 15) is 19.2 Å². The Morgan fingerprint density at radius 2 is 1.15 bits per heavy atom. The van der Waals surface area contributed by atoms with Crippen LogP contribution < -0.4 is 0 Å². The summed E-state index contributed by atoms with van der Waals surface area (Å²) in [7, 11) is 0. The molecule has 4 fully saturated rings. The first-order chi connectivity index (χ1) is 16.0. The molecule has 4 bridgehead atoms. The normalized spacial score (nSPS) is 39.8. The highest BCUT2D eigenvalue weighted by Crippen LogP contribution is 2.53. The highest BCUT2D eigenvalue weighted by Gasteiger charge is 2.61. The molecule has 1 aromatic heterocycles. The summed E-state index contributed by atoms with van der Waals surface area (Å²) in [5, 5.41) is 0. The first-order valence-electron chi connectivity index (χ1n) is 11.8. The first-order valence-corrected chi connectivity index (χ1v) is 11.8. The van der Waals surface area contributed by atoms with Crippen LogP contribution in [0.3, 0.4) is 0 Å². The minimum Gasteiger partial charge on any atom is -0.468 e. The van der Waals surface area contributed by atoms with Crippen molar-refractivity contribution in [3.05, 3.63) is 48.5 Å². The molecule has 8 nitrogen and oxygen atoms in total. The highest BCUT2D eigenvalue weighted by molar-refractivity contribution is 6.07. The number of imide groups is 2. The predicted octanol–water partition coefficient (Wildman–Crippen LogP) is 1.61. The Labute approximate surface area is 190 Å². The lowest BCUT2D eigenvalue weighted by molar-refractivity contribution is -0.146. The molecule has 0 radical (unpaired) electrons. The van der Waals surface area contributed by atoms with Crippen LogP contribution >= 0.6 is 0 Å². The molecule has 6 aliphatic rings. The topological polar surface area (TPSA) is 91.1 Å². The molecular weight excluding hydrogens is 422 g/mol. The van der Waals surface area contributed by atoms with Gasteiger partial charge in [-0.1, -0.05) is 24.3 Å². The number of nitrogens with zero attached hydrogens (tertiary/aromatic N) is 3. The smallest absolute Gasteiger partial charge is 0.234 e. The van der Waals surface area contributed by atoms with Crippen LogP contribution in [0.1, 0.15) is 18.6 Å².